The van der Waals surface area contributed by atoms with Crippen molar-refractivity contribution in [2.45, 2.75) is 25.7 Å². The number of hydrogen-bond donors (Lipinski definition) is 1. The highest BCUT2D eigenvalue weighted by Gasteiger charge is 2.37. The molecule has 1 saturated carbocycles. The Morgan fingerprint density at radius 2 is 1.91 bits per heavy atom. The minimum atomic E-state index is -0.336. The molecule has 32 heavy (non-hydrogen) atoms. The largest absolute Gasteiger partial charge is 0.495 e. The molecule has 1 N–H and O–H groups in total. The van der Waals surface area contributed by atoms with E-state index in [2.05, 4.69) is 10.2 Å². The van der Waals surface area contributed by atoms with Crippen LogP contribution >= 0.6 is 0 Å². The summed E-state index contributed by atoms with van der Waals surface area (Å²) in [5.74, 6) is 1.60. The van der Waals surface area contributed by atoms with Crippen LogP contribution in [0.4, 0.5) is 4.39 Å². The Balaban J connectivity index is 1.40. The van der Waals surface area contributed by atoms with Gasteiger partial charge in [0.05, 0.1) is 12.8 Å². The van der Waals surface area contributed by atoms with Crippen molar-refractivity contribution in [1.29, 1.82) is 0 Å². The van der Waals surface area contributed by atoms with Gasteiger partial charge >= 0.3 is 5.69 Å². The van der Waals surface area contributed by atoms with Gasteiger partial charge in [-0.05, 0) is 60.6 Å². The van der Waals surface area contributed by atoms with Gasteiger partial charge in [-0.25, -0.2) is 18.9 Å². The highest BCUT2D eigenvalue weighted by atomic mass is 19.1. The number of halogens is 1. The van der Waals surface area contributed by atoms with Gasteiger partial charge < -0.3 is 9.64 Å². The van der Waals surface area contributed by atoms with E-state index >= 15 is 0 Å². The summed E-state index contributed by atoms with van der Waals surface area (Å²) >= 11 is 0. The molecule has 0 spiro atoms. The molecule has 2 fully saturated rings. The first-order chi connectivity index (χ1) is 15.5. The first-order valence-electron chi connectivity index (χ1n) is 10.9. The minimum Gasteiger partial charge on any atom is -0.495 e. The van der Waals surface area contributed by atoms with Gasteiger partial charge in [0.1, 0.15) is 17.4 Å². The van der Waals surface area contributed by atoms with Gasteiger partial charge in [0.15, 0.2) is 0 Å². The predicted molar refractivity (Wildman–Crippen MR) is 117 cm³/mol. The SMILES string of the molecule is COc1cc(-c2ccc(F)cc2)ccc1-n1c(C[C@@H]2CCN(C(=O)C3CC3)C2)n[nH]c1=O. The molecule has 1 aromatic heterocycles. The lowest BCUT2D eigenvalue weighted by molar-refractivity contribution is -0.131. The van der Waals surface area contributed by atoms with Crippen molar-refractivity contribution in [2.24, 2.45) is 11.8 Å². The molecule has 2 heterocycles. The Morgan fingerprint density at radius 1 is 1.16 bits per heavy atom. The number of methoxy groups -OCH3 is 1. The number of nitrogens with one attached hydrogen (secondary N) is 1. The van der Waals surface area contributed by atoms with Gasteiger partial charge in [-0.15, -0.1) is 0 Å². The van der Waals surface area contributed by atoms with Crippen LogP contribution in [0.5, 0.6) is 5.75 Å². The van der Waals surface area contributed by atoms with E-state index in [9.17, 15) is 14.0 Å². The quantitative estimate of drug-likeness (QED) is 0.644. The molecule has 7 nitrogen and oxygen atoms in total. The van der Waals surface area contributed by atoms with Gasteiger partial charge in [0.2, 0.25) is 5.91 Å². The summed E-state index contributed by atoms with van der Waals surface area (Å²) in [6.07, 6.45) is 3.51. The second kappa shape index (κ2) is 8.26. The van der Waals surface area contributed by atoms with Crippen molar-refractivity contribution in [3.63, 3.8) is 0 Å². The molecule has 3 aromatic rings. The molecular formula is C24H25FN4O3. The number of amides is 1. The molecular weight excluding hydrogens is 411 g/mol. The van der Waals surface area contributed by atoms with Gasteiger partial charge in [-0.2, -0.15) is 5.10 Å². The summed E-state index contributed by atoms with van der Waals surface area (Å²) in [4.78, 5) is 26.9. The van der Waals surface area contributed by atoms with Crippen LogP contribution in [0.2, 0.25) is 0 Å². The van der Waals surface area contributed by atoms with Crippen LogP contribution in [0.1, 0.15) is 25.1 Å². The summed E-state index contributed by atoms with van der Waals surface area (Å²) < 4.78 is 20.4. The lowest BCUT2D eigenvalue weighted by Gasteiger charge is -2.16. The normalized spacial score (nSPS) is 18.2. The lowest BCUT2D eigenvalue weighted by atomic mass is 10.0. The molecule has 5 rings (SSSR count). The summed E-state index contributed by atoms with van der Waals surface area (Å²) in [7, 11) is 1.55. The molecule has 1 amide bonds. The molecule has 1 atom stereocenters. The number of nitrogens with zero attached hydrogens (tertiary/aromatic N) is 3. The second-order valence-electron chi connectivity index (χ2n) is 8.59. The van der Waals surface area contributed by atoms with Crippen molar-refractivity contribution in [3.8, 4) is 22.6 Å². The number of ether oxygens (including phenoxy) is 1. The summed E-state index contributed by atoms with van der Waals surface area (Å²) in [5, 5.41) is 6.82. The van der Waals surface area contributed by atoms with Crippen LogP contribution < -0.4 is 10.4 Å². The Hall–Kier alpha value is -3.42. The molecule has 166 valence electrons. The number of aromatic amines is 1. The van der Waals surface area contributed by atoms with E-state index in [0.29, 0.717) is 30.2 Å². The van der Waals surface area contributed by atoms with E-state index in [1.165, 1.54) is 12.1 Å². The van der Waals surface area contributed by atoms with Crippen molar-refractivity contribution in [3.05, 3.63) is 64.6 Å². The Morgan fingerprint density at radius 3 is 2.62 bits per heavy atom. The van der Waals surface area contributed by atoms with Crippen molar-refractivity contribution >= 4 is 5.91 Å². The van der Waals surface area contributed by atoms with Crippen LogP contribution in [-0.2, 0) is 11.2 Å². The third-order valence-corrected chi connectivity index (χ3v) is 6.34. The molecule has 0 bridgehead atoms. The highest BCUT2D eigenvalue weighted by molar-refractivity contribution is 5.81. The van der Waals surface area contributed by atoms with Crippen LogP contribution in [0.15, 0.2) is 47.3 Å². The van der Waals surface area contributed by atoms with Crippen LogP contribution in [0, 0.1) is 17.7 Å². The third-order valence-electron chi connectivity index (χ3n) is 6.34. The second-order valence-corrected chi connectivity index (χ2v) is 8.59. The Bertz CT molecular complexity index is 1200. The zero-order valence-corrected chi connectivity index (χ0v) is 17.9. The molecule has 8 heteroatoms. The number of carbonyl (C=O) groups is 1. The van der Waals surface area contributed by atoms with E-state index < -0.39 is 0 Å². The van der Waals surface area contributed by atoms with Gasteiger partial charge in [0.25, 0.3) is 0 Å². The highest BCUT2D eigenvalue weighted by Crippen LogP contribution is 2.34. The van der Waals surface area contributed by atoms with E-state index in [-0.39, 0.29) is 29.2 Å². The summed E-state index contributed by atoms with van der Waals surface area (Å²) in [6.45, 7) is 1.47. The lowest BCUT2D eigenvalue weighted by Crippen LogP contribution is -2.30. The fraction of sp³-hybridized carbons (Fsp3) is 0.375. The third kappa shape index (κ3) is 3.92. The fourth-order valence-electron chi connectivity index (χ4n) is 4.45. The Labute approximate surface area is 184 Å². The number of likely N-dealkylation sites (tertiary alicyclic amines) is 1. The molecule has 1 saturated heterocycles. The van der Waals surface area contributed by atoms with E-state index in [0.717, 1.165) is 36.9 Å². The Kier molecular flexibility index (Phi) is 5.28. The first-order valence-corrected chi connectivity index (χ1v) is 10.9. The zero-order valence-electron chi connectivity index (χ0n) is 17.9. The fourth-order valence-corrected chi connectivity index (χ4v) is 4.45. The molecule has 2 aromatic carbocycles. The van der Waals surface area contributed by atoms with Gasteiger partial charge in [-0.3, -0.25) is 4.79 Å². The van der Waals surface area contributed by atoms with E-state index in [1.807, 2.05) is 23.1 Å². The molecule has 0 radical (unpaired) electrons. The topological polar surface area (TPSA) is 80.2 Å². The number of benzene rings is 2. The van der Waals surface area contributed by atoms with Crippen molar-refractivity contribution < 1.29 is 13.9 Å². The maximum atomic E-state index is 13.3. The monoisotopic (exact) mass is 436 g/mol. The minimum absolute atomic E-state index is 0.223. The number of hydrogen-bond acceptors (Lipinski definition) is 4. The van der Waals surface area contributed by atoms with Gasteiger partial charge in [0, 0.05) is 25.4 Å². The van der Waals surface area contributed by atoms with Crippen LogP contribution in [0.25, 0.3) is 16.8 Å². The maximum Gasteiger partial charge on any atom is 0.348 e. The van der Waals surface area contributed by atoms with Crippen molar-refractivity contribution in [1.82, 2.24) is 19.7 Å². The molecule has 0 unspecified atom stereocenters. The molecule has 1 aliphatic carbocycles. The predicted octanol–water partition coefficient (Wildman–Crippen LogP) is 3.18. The molecule has 1 aliphatic heterocycles. The summed E-state index contributed by atoms with van der Waals surface area (Å²) in [6, 6.07) is 11.7. The van der Waals surface area contributed by atoms with Gasteiger partial charge in [-0.1, -0.05) is 18.2 Å². The summed E-state index contributed by atoms with van der Waals surface area (Å²) in [5.41, 5.74) is 1.96. The smallest absolute Gasteiger partial charge is 0.348 e. The average molecular weight is 436 g/mol. The maximum absolute atomic E-state index is 13.3. The molecule has 2 aliphatic rings. The van der Waals surface area contributed by atoms with E-state index in [4.69, 9.17) is 4.74 Å². The number of aromatic nitrogens is 3. The standard InChI is InChI=1S/C24H25FN4O3/c1-32-21-13-18(16-4-7-19(25)8-5-16)6-9-20(21)29-22(26-27-24(29)31)12-15-10-11-28(14-15)23(30)17-2-3-17/h4-9,13,15,17H,2-3,10-12,14H2,1H3,(H,27,31)/t15-/m0/s1. The zero-order chi connectivity index (χ0) is 22.2. The van der Waals surface area contributed by atoms with E-state index in [1.54, 1.807) is 23.8 Å². The van der Waals surface area contributed by atoms with Crippen molar-refractivity contribution in [2.75, 3.05) is 20.2 Å². The average Bonchev–Trinajstić information content (AvgIpc) is 3.45. The van der Waals surface area contributed by atoms with Crippen LogP contribution in [0.3, 0.4) is 0 Å². The number of H-pyrrole nitrogens is 1. The number of carbonyl (C=O) groups excluding carboxylic acids is 1. The van der Waals surface area contributed by atoms with Crippen LogP contribution in [-0.4, -0.2) is 45.8 Å². The first kappa shape index (κ1) is 20.5. The number of rotatable bonds is 6.